The zero-order valence-corrected chi connectivity index (χ0v) is 21.4. The van der Waals surface area contributed by atoms with Crippen LogP contribution in [-0.4, -0.2) is 58.0 Å². The zero-order valence-electron chi connectivity index (χ0n) is 18.3. The van der Waals surface area contributed by atoms with E-state index in [-0.39, 0.29) is 24.0 Å². The van der Waals surface area contributed by atoms with Crippen LogP contribution >= 0.6 is 35.7 Å². The van der Waals surface area contributed by atoms with Gasteiger partial charge in [0.05, 0.1) is 7.11 Å². The number of hydrogen-bond donors (Lipinski definition) is 1. The number of hydrogen-bond acceptors (Lipinski definition) is 4. The molecule has 1 atom stereocenters. The van der Waals surface area contributed by atoms with Gasteiger partial charge in [0.25, 0.3) is 0 Å². The van der Waals surface area contributed by atoms with Gasteiger partial charge in [-0.1, -0.05) is 18.2 Å². The summed E-state index contributed by atoms with van der Waals surface area (Å²) < 4.78 is 5.36. The molecule has 3 rings (SSSR count). The molecule has 0 bridgehead atoms. The molecule has 0 spiro atoms. The van der Waals surface area contributed by atoms with E-state index in [1.165, 1.54) is 22.6 Å². The fraction of sp³-hybridized carbons (Fsp3) is 0.435. The standard InChI is InChI=1S/C23H32N4OS.HI/c1-24-23(26(2)16-18-8-10-22(29-4)11-9-18)25-15-19-12-13-27(17-19)20-6-5-7-21(14-20)28-3;/h5-11,14,19H,12-13,15-17H2,1-4H3,(H,24,25);1H. The Hall–Kier alpha value is -1.61. The minimum absolute atomic E-state index is 0. The molecule has 1 saturated heterocycles. The number of anilines is 1. The van der Waals surface area contributed by atoms with Gasteiger partial charge in [0.1, 0.15) is 5.75 Å². The second kappa shape index (κ2) is 12.3. The normalized spacial score (nSPS) is 16.2. The molecule has 0 aliphatic carbocycles. The second-order valence-corrected chi connectivity index (χ2v) is 8.31. The Morgan fingerprint density at radius 1 is 1.27 bits per heavy atom. The molecule has 0 amide bonds. The van der Waals surface area contributed by atoms with Crippen molar-refractivity contribution in [2.45, 2.75) is 17.9 Å². The maximum atomic E-state index is 5.36. The van der Waals surface area contributed by atoms with Crippen LogP contribution in [0.15, 0.2) is 58.4 Å². The van der Waals surface area contributed by atoms with Crippen molar-refractivity contribution in [3.05, 3.63) is 54.1 Å². The summed E-state index contributed by atoms with van der Waals surface area (Å²) in [4.78, 5) is 10.4. The second-order valence-electron chi connectivity index (χ2n) is 7.43. The Bertz CT molecular complexity index is 815. The quantitative estimate of drug-likeness (QED) is 0.241. The molecule has 30 heavy (non-hydrogen) atoms. The van der Waals surface area contributed by atoms with Crippen molar-refractivity contribution >= 4 is 47.4 Å². The fourth-order valence-corrected chi connectivity index (χ4v) is 4.15. The Labute approximate surface area is 202 Å². The van der Waals surface area contributed by atoms with Crippen molar-refractivity contribution < 1.29 is 4.74 Å². The molecule has 1 aliphatic rings. The van der Waals surface area contributed by atoms with E-state index in [2.05, 4.69) is 75.9 Å². The van der Waals surface area contributed by atoms with Gasteiger partial charge in [-0.25, -0.2) is 0 Å². The Kier molecular flexibility index (Phi) is 10.1. The summed E-state index contributed by atoms with van der Waals surface area (Å²) in [5.74, 6) is 2.46. The lowest BCUT2D eigenvalue weighted by atomic mass is 10.1. The first kappa shape index (κ1) is 24.7. The van der Waals surface area contributed by atoms with Crippen LogP contribution in [0.1, 0.15) is 12.0 Å². The molecule has 0 aromatic heterocycles. The van der Waals surface area contributed by atoms with E-state index in [1.807, 2.05) is 13.1 Å². The maximum absolute atomic E-state index is 5.36. The summed E-state index contributed by atoms with van der Waals surface area (Å²) in [5.41, 5.74) is 2.53. The average Bonchev–Trinajstić information content (AvgIpc) is 3.24. The Morgan fingerprint density at radius 2 is 2.03 bits per heavy atom. The van der Waals surface area contributed by atoms with Crippen molar-refractivity contribution in [2.24, 2.45) is 10.9 Å². The number of aliphatic imine (C=N–C) groups is 1. The highest BCUT2D eigenvalue weighted by molar-refractivity contribution is 14.0. The van der Waals surface area contributed by atoms with Gasteiger partial charge >= 0.3 is 0 Å². The average molecular weight is 541 g/mol. The maximum Gasteiger partial charge on any atom is 0.193 e. The third-order valence-corrected chi connectivity index (χ3v) is 6.15. The summed E-state index contributed by atoms with van der Waals surface area (Å²) in [6.07, 6.45) is 3.28. The topological polar surface area (TPSA) is 40.1 Å². The summed E-state index contributed by atoms with van der Waals surface area (Å²) in [6.45, 7) is 3.91. The predicted molar refractivity (Wildman–Crippen MR) is 140 cm³/mol. The van der Waals surface area contributed by atoms with E-state index in [9.17, 15) is 0 Å². The first-order valence-corrected chi connectivity index (χ1v) is 11.3. The molecule has 1 unspecified atom stereocenters. The third-order valence-electron chi connectivity index (χ3n) is 5.41. The molecule has 5 nitrogen and oxygen atoms in total. The van der Waals surface area contributed by atoms with E-state index in [0.717, 1.165) is 37.9 Å². The highest BCUT2D eigenvalue weighted by atomic mass is 127. The van der Waals surface area contributed by atoms with Crippen LogP contribution in [0.2, 0.25) is 0 Å². The fourth-order valence-electron chi connectivity index (χ4n) is 3.74. The van der Waals surface area contributed by atoms with Crippen molar-refractivity contribution in [2.75, 3.05) is 52.0 Å². The van der Waals surface area contributed by atoms with Crippen LogP contribution in [0.3, 0.4) is 0 Å². The monoisotopic (exact) mass is 540 g/mol. The molecule has 2 aromatic carbocycles. The van der Waals surface area contributed by atoms with Gasteiger partial charge in [-0.2, -0.15) is 0 Å². The summed E-state index contributed by atoms with van der Waals surface area (Å²) >= 11 is 1.77. The Morgan fingerprint density at radius 3 is 2.70 bits per heavy atom. The van der Waals surface area contributed by atoms with Crippen molar-refractivity contribution in [3.63, 3.8) is 0 Å². The largest absolute Gasteiger partial charge is 0.497 e. The molecule has 164 valence electrons. The number of halogens is 1. The van der Waals surface area contributed by atoms with Gasteiger partial charge in [0.2, 0.25) is 0 Å². The van der Waals surface area contributed by atoms with Gasteiger partial charge in [-0.3, -0.25) is 4.99 Å². The summed E-state index contributed by atoms with van der Waals surface area (Å²) in [6, 6.07) is 17.1. The van der Waals surface area contributed by atoms with Crippen LogP contribution in [0, 0.1) is 5.92 Å². The Balaban J connectivity index is 0.00000320. The summed E-state index contributed by atoms with van der Waals surface area (Å²) in [5, 5.41) is 3.57. The minimum Gasteiger partial charge on any atom is -0.497 e. The molecule has 0 saturated carbocycles. The lowest BCUT2D eigenvalue weighted by molar-refractivity contribution is 0.415. The highest BCUT2D eigenvalue weighted by Crippen LogP contribution is 2.26. The van der Waals surface area contributed by atoms with E-state index in [0.29, 0.717) is 5.92 Å². The summed E-state index contributed by atoms with van der Waals surface area (Å²) in [7, 11) is 5.66. The third kappa shape index (κ3) is 6.70. The van der Waals surface area contributed by atoms with Crippen LogP contribution in [0.5, 0.6) is 5.75 Å². The van der Waals surface area contributed by atoms with Crippen LogP contribution < -0.4 is 15.0 Å². The van der Waals surface area contributed by atoms with Gasteiger partial charge in [-0.05, 0) is 48.4 Å². The van der Waals surface area contributed by atoms with Gasteiger partial charge in [0.15, 0.2) is 5.96 Å². The van der Waals surface area contributed by atoms with Crippen molar-refractivity contribution in [1.82, 2.24) is 10.2 Å². The number of thioether (sulfide) groups is 1. The van der Waals surface area contributed by atoms with Gasteiger partial charge < -0.3 is 19.9 Å². The highest BCUT2D eigenvalue weighted by Gasteiger charge is 2.23. The number of methoxy groups -OCH3 is 1. The number of nitrogens with one attached hydrogen (secondary N) is 1. The van der Waals surface area contributed by atoms with Crippen molar-refractivity contribution in [1.29, 1.82) is 0 Å². The molecule has 2 aromatic rings. The van der Waals surface area contributed by atoms with E-state index < -0.39 is 0 Å². The molecule has 1 heterocycles. The first-order valence-electron chi connectivity index (χ1n) is 10.1. The zero-order chi connectivity index (χ0) is 20.6. The van der Waals surface area contributed by atoms with Crippen LogP contribution in [0.25, 0.3) is 0 Å². The lowest BCUT2D eigenvalue weighted by Crippen LogP contribution is -2.41. The number of guanidine groups is 1. The number of nitrogens with zero attached hydrogens (tertiary/aromatic N) is 3. The number of ether oxygens (including phenoxy) is 1. The molecule has 1 aliphatic heterocycles. The molecule has 0 radical (unpaired) electrons. The SMILES string of the molecule is CN=C(NCC1CCN(c2cccc(OC)c2)C1)N(C)Cc1ccc(SC)cc1.I. The first-order chi connectivity index (χ1) is 14.1. The van der Waals surface area contributed by atoms with E-state index >= 15 is 0 Å². The number of benzene rings is 2. The molecule has 1 fully saturated rings. The predicted octanol–water partition coefficient (Wildman–Crippen LogP) is 4.57. The molecular formula is C23H33IN4OS. The molecule has 7 heteroatoms. The van der Waals surface area contributed by atoms with Gasteiger partial charge in [-0.15, -0.1) is 35.7 Å². The van der Waals surface area contributed by atoms with E-state index in [1.54, 1.807) is 18.9 Å². The minimum atomic E-state index is 0. The molecule has 1 N–H and O–H groups in total. The van der Waals surface area contributed by atoms with Crippen LogP contribution in [-0.2, 0) is 6.54 Å². The smallest absolute Gasteiger partial charge is 0.193 e. The van der Waals surface area contributed by atoms with Gasteiger partial charge in [0, 0.05) is 56.9 Å². The number of rotatable bonds is 7. The van der Waals surface area contributed by atoms with Crippen LogP contribution in [0.4, 0.5) is 5.69 Å². The lowest BCUT2D eigenvalue weighted by Gasteiger charge is -2.24. The molecular weight excluding hydrogens is 507 g/mol. The van der Waals surface area contributed by atoms with Crippen molar-refractivity contribution in [3.8, 4) is 5.75 Å². The van der Waals surface area contributed by atoms with E-state index in [4.69, 9.17) is 4.74 Å².